The topological polar surface area (TPSA) is 23.6 Å². The predicted octanol–water partition coefficient (Wildman–Crippen LogP) is 5.31. The van der Waals surface area contributed by atoms with Crippen molar-refractivity contribution in [3.05, 3.63) is 95.1 Å². The van der Waals surface area contributed by atoms with Gasteiger partial charge in [0.2, 0.25) is 0 Å². The minimum Gasteiger partial charge on any atom is -0.331 e. The molecule has 3 aromatic carbocycles. The van der Waals surface area contributed by atoms with Crippen LogP contribution in [0.3, 0.4) is 0 Å². The van der Waals surface area contributed by atoms with Crippen LogP contribution >= 0.6 is 0 Å². The normalized spacial score (nSPS) is 18.8. The summed E-state index contributed by atoms with van der Waals surface area (Å²) in [5.74, 6) is 0.730. The van der Waals surface area contributed by atoms with Crippen molar-refractivity contribution in [1.82, 2.24) is 9.80 Å². The van der Waals surface area contributed by atoms with Gasteiger partial charge in [0.05, 0.1) is 0 Å². The van der Waals surface area contributed by atoms with E-state index >= 15 is 0 Å². The molecule has 0 radical (unpaired) electrons. The van der Waals surface area contributed by atoms with Gasteiger partial charge in [0.1, 0.15) is 0 Å². The van der Waals surface area contributed by atoms with E-state index in [0.29, 0.717) is 12.0 Å². The van der Waals surface area contributed by atoms with Crippen LogP contribution in [-0.2, 0) is 6.54 Å². The Hall–Kier alpha value is -2.91. The van der Waals surface area contributed by atoms with Crippen LogP contribution in [0.15, 0.2) is 72.8 Å². The average molecular weight is 409 g/mol. The third kappa shape index (κ3) is 3.19. The maximum absolute atomic E-state index is 12.8. The summed E-state index contributed by atoms with van der Waals surface area (Å²) in [6.45, 7) is 4.07. The lowest BCUT2D eigenvalue weighted by Gasteiger charge is -2.37. The van der Waals surface area contributed by atoms with Crippen LogP contribution in [0.4, 0.5) is 0 Å². The zero-order valence-corrected chi connectivity index (χ0v) is 17.8. The van der Waals surface area contributed by atoms with Gasteiger partial charge >= 0.3 is 0 Å². The molecule has 3 aromatic rings. The van der Waals surface area contributed by atoms with Gasteiger partial charge in [0.25, 0.3) is 5.91 Å². The fourth-order valence-electron chi connectivity index (χ4n) is 5.91. The van der Waals surface area contributed by atoms with E-state index in [-0.39, 0.29) is 5.91 Å². The standard InChI is InChI=1S/C28H28N2O/c31-28-22-8-2-1-7-20(22)19-30(28)21-13-16-29(17-14-21)18-15-27-25-11-5-3-9-23(25)24-10-4-6-12-26(24)27/h1-12,21,27H,13-19H2. The van der Waals surface area contributed by atoms with Crippen LogP contribution in [0.2, 0.25) is 0 Å². The highest BCUT2D eigenvalue weighted by Gasteiger charge is 2.34. The highest BCUT2D eigenvalue weighted by molar-refractivity contribution is 5.98. The molecule has 0 aromatic heterocycles. The predicted molar refractivity (Wildman–Crippen MR) is 124 cm³/mol. The molecule has 1 amide bonds. The number of fused-ring (bicyclic) bond motifs is 4. The van der Waals surface area contributed by atoms with E-state index in [4.69, 9.17) is 0 Å². The molecule has 2 heterocycles. The van der Waals surface area contributed by atoms with Gasteiger partial charge in [-0.2, -0.15) is 0 Å². The van der Waals surface area contributed by atoms with Gasteiger partial charge in [-0.1, -0.05) is 66.7 Å². The molecule has 0 saturated carbocycles. The zero-order valence-electron chi connectivity index (χ0n) is 17.8. The van der Waals surface area contributed by atoms with E-state index in [2.05, 4.69) is 64.4 Å². The number of carbonyl (C=O) groups excluding carboxylic acids is 1. The van der Waals surface area contributed by atoms with Crippen molar-refractivity contribution in [3.8, 4) is 11.1 Å². The van der Waals surface area contributed by atoms with E-state index in [1.54, 1.807) is 0 Å². The Labute approximate surface area is 184 Å². The summed E-state index contributed by atoms with van der Waals surface area (Å²) < 4.78 is 0. The smallest absolute Gasteiger partial charge is 0.254 e. The van der Waals surface area contributed by atoms with Crippen LogP contribution in [-0.4, -0.2) is 41.4 Å². The van der Waals surface area contributed by atoms with E-state index in [0.717, 1.165) is 51.0 Å². The quantitative estimate of drug-likeness (QED) is 0.584. The fraction of sp³-hybridized carbons (Fsp3) is 0.321. The summed E-state index contributed by atoms with van der Waals surface area (Å²) >= 11 is 0. The number of benzene rings is 3. The van der Waals surface area contributed by atoms with Gasteiger partial charge in [-0.05, 0) is 59.7 Å². The molecule has 2 aliphatic heterocycles. The summed E-state index contributed by atoms with van der Waals surface area (Å²) in [7, 11) is 0. The molecule has 3 heteroatoms. The Morgan fingerprint density at radius 1 is 0.742 bits per heavy atom. The molecule has 6 rings (SSSR count). The lowest BCUT2D eigenvalue weighted by molar-refractivity contribution is 0.0595. The van der Waals surface area contributed by atoms with Crippen molar-refractivity contribution in [2.45, 2.75) is 37.8 Å². The van der Waals surface area contributed by atoms with Gasteiger partial charge in [0, 0.05) is 37.2 Å². The first-order chi connectivity index (χ1) is 15.3. The van der Waals surface area contributed by atoms with Crippen molar-refractivity contribution < 1.29 is 4.79 Å². The highest BCUT2D eigenvalue weighted by Crippen LogP contribution is 2.46. The third-order valence-electron chi connectivity index (χ3n) is 7.54. The van der Waals surface area contributed by atoms with E-state index in [1.807, 2.05) is 18.2 Å². The minimum absolute atomic E-state index is 0.230. The number of carbonyl (C=O) groups is 1. The molecule has 1 saturated heterocycles. The molecule has 31 heavy (non-hydrogen) atoms. The SMILES string of the molecule is O=C1c2ccccc2CN1C1CCN(CCC2c3ccccc3-c3ccccc32)CC1. The highest BCUT2D eigenvalue weighted by atomic mass is 16.2. The molecular weight excluding hydrogens is 380 g/mol. The third-order valence-corrected chi connectivity index (χ3v) is 7.54. The molecule has 3 aliphatic rings. The maximum atomic E-state index is 12.8. The summed E-state index contributed by atoms with van der Waals surface area (Å²) in [5, 5.41) is 0. The fourth-order valence-corrected chi connectivity index (χ4v) is 5.91. The van der Waals surface area contributed by atoms with Crippen molar-refractivity contribution in [2.24, 2.45) is 0 Å². The number of hydrogen-bond acceptors (Lipinski definition) is 2. The Morgan fingerprint density at radius 3 is 1.97 bits per heavy atom. The van der Waals surface area contributed by atoms with Crippen molar-refractivity contribution in [3.63, 3.8) is 0 Å². The summed E-state index contributed by atoms with van der Waals surface area (Å²) in [5.41, 5.74) is 7.89. The molecule has 156 valence electrons. The van der Waals surface area contributed by atoms with Crippen LogP contribution in [0.25, 0.3) is 11.1 Å². The molecule has 0 N–H and O–H groups in total. The molecule has 1 fully saturated rings. The molecule has 3 nitrogen and oxygen atoms in total. The average Bonchev–Trinajstić information content (AvgIpc) is 3.33. The van der Waals surface area contributed by atoms with Gasteiger partial charge in [-0.15, -0.1) is 0 Å². The first kappa shape index (κ1) is 18.8. The summed E-state index contributed by atoms with van der Waals surface area (Å²) in [6.07, 6.45) is 3.32. The first-order valence-corrected chi connectivity index (χ1v) is 11.6. The number of rotatable bonds is 4. The number of piperidine rings is 1. The first-order valence-electron chi connectivity index (χ1n) is 11.6. The van der Waals surface area contributed by atoms with Crippen LogP contribution in [0, 0.1) is 0 Å². The monoisotopic (exact) mass is 408 g/mol. The molecule has 1 aliphatic carbocycles. The second-order valence-electron chi connectivity index (χ2n) is 9.18. The number of nitrogens with zero attached hydrogens (tertiary/aromatic N) is 2. The maximum Gasteiger partial charge on any atom is 0.254 e. The Balaban J connectivity index is 1.09. The Kier molecular flexibility index (Phi) is 4.65. The van der Waals surface area contributed by atoms with Gasteiger partial charge < -0.3 is 9.80 Å². The Morgan fingerprint density at radius 2 is 1.32 bits per heavy atom. The van der Waals surface area contributed by atoms with E-state index in [9.17, 15) is 4.79 Å². The minimum atomic E-state index is 0.230. The lowest BCUT2D eigenvalue weighted by atomic mass is 9.93. The molecule has 0 bridgehead atoms. The Bertz CT molecular complexity index is 1080. The second kappa shape index (κ2) is 7.65. The molecule has 0 unspecified atom stereocenters. The molecule has 0 spiro atoms. The van der Waals surface area contributed by atoms with Crippen LogP contribution in [0.5, 0.6) is 0 Å². The van der Waals surface area contributed by atoms with Crippen LogP contribution < -0.4 is 0 Å². The summed E-state index contributed by atoms with van der Waals surface area (Å²) in [6, 6.07) is 26.3. The van der Waals surface area contributed by atoms with Crippen molar-refractivity contribution in [2.75, 3.05) is 19.6 Å². The van der Waals surface area contributed by atoms with Crippen molar-refractivity contribution in [1.29, 1.82) is 0 Å². The number of amides is 1. The number of likely N-dealkylation sites (tertiary alicyclic amines) is 1. The second-order valence-corrected chi connectivity index (χ2v) is 9.18. The van der Waals surface area contributed by atoms with Gasteiger partial charge in [0.15, 0.2) is 0 Å². The van der Waals surface area contributed by atoms with Gasteiger partial charge in [-0.25, -0.2) is 0 Å². The largest absolute Gasteiger partial charge is 0.331 e. The van der Waals surface area contributed by atoms with Gasteiger partial charge in [-0.3, -0.25) is 4.79 Å². The lowest BCUT2D eigenvalue weighted by Crippen LogP contribution is -2.45. The molecular formula is C28H28N2O. The van der Waals surface area contributed by atoms with Crippen molar-refractivity contribution >= 4 is 5.91 Å². The number of hydrogen-bond donors (Lipinski definition) is 0. The van der Waals surface area contributed by atoms with E-state index in [1.165, 1.54) is 27.8 Å². The van der Waals surface area contributed by atoms with E-state index < -0.39 is 0 Å². The summed E-state index contributed by atoms with van der Waals surface area (Å²) in [4.78, 5) is 17.5. The zero-order chi connectivity index (χ0) is 20.8. The molecule has 0 atom stereocenters. The van der Waals surface area contributed by atoms with Crippen LogP contribution in [0.1, 0.15) is 52.2 Å².